The molecule has 2 nitrogen and oxygen atoms in total. The summed E-state index contributed by atoms with van der Waals surface area (Å²) in [6.45, 7) is 9.51. The maximum atomic E-state index is 10.4. The van der Waals surface area contributed by atoms with Gasteiger partial charge >= 0.3 is 0 Å². The first-order valence-corrected chi connectivity index (χ1v) is 6.60. The molecule has 0 aliphatic heterocycles. The number of hydrogen-bond acceptors (Lipinski definition) is 2. The Morgan fingerprint density at radius 1 is 1.12 bits per heavy atom. The van der Waals surface area contributed by atoms with Gasteiger partial charge in [-0.05, 0) is 45.0 Å². The molecular weight excluding hydrogens is 210 g/mol. The monoisotopic (exact) mass is 235 g/mol. The topological polar surface area (TPSA) is 23.5 Å². The van der Waals surface area contributed by atoms with E-state index in [0.29, 0.717) is 0 Å². The van der Waals surface area contributed by atoms with Crippen LogP contribution < -0.4 is 0 Å². The molecule has 17 heavy (non-hydrogen) atoms. The van der Waals surface area contributed by atoms with Crippen molar-refractivity contribution < 1.29 is 5.11 Å². The van der Waals surface area contributed by atoms with Crippen LogP contribution in [0.5, 0.6) is 0 Å². The molecule has 2 heteroatoms. The van der Waals surface area contributed by atoms with E-state index < -0.39 is 5.60 Å². The molecule has 1 aromatic carbocycles. The van der Waals surface area contributed by atoms with Gasteiger partial charge in [0.15, 0.2) is 0 Å². The van der Waals surface area contributed by atoms with Gasteiger partial charge < -0.3 is 10.0 Å². The van der Waals surface area contributed by atoms with E-state index in [-0.39, 0.29) is 0 Å². The van der Waals surface area contributed by atoms with Gasteiger partial charge in [-0.15, -0.1) is 0 Å². The Labute approximate surface area is 105 Å². The first kappa shape index (κ1) is 14.2. The van der Waals surface area contributed by atoms with Gasteiger partial charge in [0.1, 0.15) is 0 Å². The number of hydrogen-bond donors (Lipinski definition) is 1. The van der Waals surface area contributed by atoms with E-state index in [1.165, 1.54) is 0 Å². The van der Waals surface area contributed by atoms with E-state index in [9.17, 15) is 5.11 Å². The number of aliphatic hydroxyl groups is 1. The Kier molecular flexibility index (Phi) is 5.66. The van der Waals surface area contributed by atoms with Crippen molar-refractivity contribution in [1.82, 2.24) is 4.90 Å². The molecule has 0 spiro atoms. The van der Waals surface area contributed by atoms with Crippen LogP contribution in [0.1, 0.15) is 39.2 Å². The highest BCUT2D eigenvalue weighted by molar-refractivity contribution is 5.21. The SMILES string of the molecule is CCN(CC)CCCC(C)(O)c1ccccc1. The molecule has 1 rings (SSSR count). The third-order valence-electron chi connectivity index (χ3n) is 3.43. The molecule has 1 unspecified atom stereocenters. The Hall–Kier alpha value is -0.860. The van der Waals surface area contributed by atoms with Crippen LogP contribution in [-0.2, 0) is 5.60 Å². The molecule has 0 saturated carbocycles. The summed E-state index contributed by atoms with van der Waals surface area (Å²) in [5.41, 5.74) is 0.313. The van der Waals surface area contributed by atoms with Gasteiger partial charge in [-0.2, -0.15) is 0 Å². The fourth-order valence-electron chi connectivity index (χ4n) is 2.13. The van der Waals surface area contributed by atoms with Gasteiger partial charge in [0, 0.05) is 0 Å². The van der Waals surface area contributed by atoms with Gasteiger partial charge in [0.05, 0.1) is 5.60 Å². The van der Waals surface area contributed by atoms with Crippen LogP contribution in [0.2, 0.25) is 0 Å². The summed E-state index contributed by atoms with van der Waals surface area (Å²) in [4.78, 5) is 2.39. The van der Waals surface area contributed by atoms with Gasteiger partial charge in [-0.1, -0.05) is 44.2 Å². The van der Waals surface area contributed by atoms with E-state index >= 15 is 0 Å². The third kappa shape index (κ3) is 4.49. The summed E-state index contributed by atoms with van der Waals surface area (Å²) in [6.07, 6.45) is 1.84. The van der Waals surface area contributed by atoms with Gasteiger partial charge in [-0.3, -0.25) is 0 Å². The van der Waals surface area contributed by atoms with E-state index in [1.807, 2.05) is 37.3 Å². The summed E-state index contributed by atoms with van der Waals surface area (Å²) in [5, 5.41) is 10.4. The second kappa shape index (κ2) is 6.77. The van der Waals surface area contributed by atoms with Crippen molar-refractivity contribution in [2.75, 3.05) is 19.6 Å². The normalized spacial score (nSPS) is 14.9. The van der Waals surface area contributed by atoms with Crippen molar-refractivity contribution in [2.45, 2.75) is 39.2 Å². The molecule has 0 aromatic heterocycles. The van der Waals surface area contributed by atoms with E-state index in [2.05, 4.69) is 18.7 Å². The van der Waals surface area contributed by atoms with Crippen LogP contribution >= 0.6 is 0 Å². The van der Waals surface area contributed by atoms with Crippen LogP contribution in [0.3, 0.4) is 0 Å². The molecule has 0 saturated heterocycles. The van der Waals surface area contributed by atoms with Crippen molar-refractivity contribution in [1.29, 1.82) is 0 Å². The lowest BCUT2D eigenvalue weighted by Gasteiger charge is -2.25. The Balaban J connectivity index is 2.45. The molecule has 0 aliphatic carbocycles. The Morgan fingerprint density at radius 2 is 1.71 bits per heavy atom. The lowest BCUT2D eigenvalue weighted by molar-refractivity contribution is 0.0426. The zero-order valence-electron chi connectivity index (χ0n) is 11.3. The summed E-state index contributed by atoms with van der Waals surface area (Å²) >= 11 is 0. The molecule has 0 aliphatic rings. The van der Waals surface area contributed by atoms with Gasteiger partial charge in [-0.25, -0.2) is 0 Å². The summed E-state index contributed by atoms with van der Waals surface area (Å²) < 4.78 is 0. The maximum Gasteiger partial charge on any atom is 0.0869 e. The lowest BCUT2D eigenvalue weighted by Crippen LogP contribution is -2.27. The molecule has 0 bridgehead atoms. The van der Waals surface area contributed by atoms with Gasteiger partial charge in [0.2, 0.25) is 0 Å². The zero-order chi connectivity index (χ0) is 12.7. The molecule has 0 fully saturated rings. The highest BCUT2D eigenvalue weighted by atomic mass is 16.3. The average Bonchev–Trinajstić information content (AvgIpc) is 2.36. The van der Waals surface area contributed by atoms with Crippen LogP contribution in [0.15, 0.2) is 30.3 Å². The quantitative estimate of drug-likeness (QED) is 0.785. The fourth-order valence-corrected chi connectivity index (χ4v) is 2.13. The lowest BCUT2D eigenvalue weighted by atomic mass is 9.91. The van der Waals surface area contributed by atoms with Gasteiger partial charge in [0.25, 0.3) is 0 Å². The third-order valence-corrected chi connectivity index (χ3v) is 3.43. The Morgan fingerprint density at radius 3 is 2.24 bits per heavy atom. The minimum Gasteiger partial charge on any atom is -0.385 e. The van der Waals surface area contributed by atoms with Crippen molar-refractivity contribution in [3.8, 4) is 0 Å². The predicted molar refractivity (Wildman–Crippen MR) is 73.0 cm³/mol. The van der Waals surface area contributed by atoms with Crippen LogP contribution in [0.25, 0.3) is 0 Å². The summed E-state index contributed by atoms with van der Waals surface area (Å²) in [6, 6.07) is 9.94. The zero-order valence-corrected chi connectivity index (χ0v) is 11.3. The largest absolute Gasteiger partial charge is 0.385 e. The van der Waals surface area contributed by atoms with Crippen molar-refractivity contribution in [3.05, 3.63) is 35.9 Å². The first-order valence-electron chi connectivity index (χ1n) is 6.60. The number of rotatable bonds is 7. The highest BCUT2D eigenvalue weighted by Crippen LogP contribution is 2.25. The van der Waals surface area contributed by atoms with Crippen LogP contribution in [-0.4, -0.2) is 29.6 Å². The minimum absolute atomic E-state index is 0.700. The maximum absolute atomic E-state index is 10.4. The van der Waals surface area contributed by atoms with Crippen LogP contribution in [0.4, 0.5) is 0 Å². The molecule has 96 valence electrons. The highest BCUT2D eigenvalue weighted by Gasteiger charge is 2.22. The van der Waals surface area contributed by atoms with E-state index in [1.54, 1.807) is 0 Å². The van der Waals surface area contributed by atoms with Crippen molar-refractivity contribution in [3.63, 3.8) is 0 Å². The second-order valence-electron chi connectivity index (χ2n) is 4.77. The average molecular weight is 235 g/mol. The molecule has 1 atom stereocenters. The molecule has 0 heterocycles. The minimum atomic E-state index is -0.700. The van der Waals surface area contributed by atoms with Crippen molar-refractivity contribution >= 4 is 0 Å². The van der Waals surface area contributed by atoms with E-state index in [0.717, 1.165) is 38.0 Å². The smallest absolute Gasteiger partial charge is 0.0869 e. The molecule has 1 aromatic rings. The second-order valence-corrected chi connectivity index (χ2v) is 4.77. The standard InChI is InChI=1S/C15H25NO/c1-4-16(5-2)13-9-12-15(3,17)14-10-7-6-8-11-14/h6-8,10-11,17H,4-5,9,12-13H2,1-3H3. The Bertz CT molecular complexity index is 304. The molecule has 0 radical (unpaired) electrons. The summed E-state index contributed by atoms with van der Waals surface area (Å²) in [7, 11) is 0. The van der Waals surface area contributed by atoms with Crippen LogP contribution in [0, 0.1) is 0 Å². The number of nitrogens with zero attached hydrogens (tertiary/aromatic N) is 1. The number of benzene rings is 1. The fraction of sp³-hybridized carbons (Fsp3) is 0.600. The molecule has 1 N–H and O–H groups in total. The van der Waals surface area contributed by atoms with Crippen molar-refractivity contribution in [2.24, 2.45) is 0 Å². The summed E-state index contributed by atoms with van der Waals surface area (Å²) in [5.74, 6) is 0. The molecular formula is C15H25NO. The molecule has 0 amide bonds. The first-order chi connectivity index (χ1) is 8.10. The predicted octanol–water partition coefficient (Wildman–Crippen LogP) is 3.02. The van der Waals surface area contributed by atoms with E-state index in [4.69, 9.17) is 0 Å².